The average molecular weight is 258 g/mol. The van der Waals surface area contributed by atoms with Crippen LogP contribution in [0.5, 0.6) is 5.75 Å². The van der Waals surface area contributed by atoms with Crippen molar-refractivity contribution >= 4 is 11.7 Å². The molecule has 0 aliphatic rings. The van der Waals surface area contributed by atoms with Gasteiger partial charge in [0.25, 0.3) is 0 Å². The van der Waals surface area contributed by atoms with Gasteiger partial charge in [-0.3, -0.25) is 4.98 Å². The zero-order valence-electron chi connectivity index (χ0n) is 10.5. The summed E-state index contributed by atoms with van der Waals surface area (Å²) < 4.78 is 5.25. The molecule has 0 saturated carbocycles. The second-order valence-corrected chi connectivity index (χ2v) is 3.93. The van der Waals surface area contributed by atoms with Gasteiger partial charge in [-0.05, 0) is 12.1 Å². The Hall–Kier alpha value is -2.56. The van der Waals surface area contributed by atoms with Gasteiger partial charge < -0.3 is 15.2 Å². The number of aromatic nitrogens is 1. The molecule has 1 aromatic heterocycles. The second kappa shape index (κ2) is 5.86. The van der Waals surface area contributed by atoms with Crippen molar-refractivity contribution in [1.29, 1.82) is 0 Å². The molecule has 0 atom stereocenters. The smallest absolute Gasteiger partial charge is 0.337 e. The maximum Gasteiger partial charge on any atom is 0.337 e. The van der Waals surface area contributed by atoms with Crippen LogP contribution in [0, 0.1) is 0 Å². The van der Waals surface area contributed by atoms with E-state index in [0.717, 1.165) is 11.3 Å². The summed E-state index contributed by atoms with van der Waals surface area (Å²) in [5, 5.41) is 12.0. The van der Waals surface area contributed by atoms with Crippen LogP contribution >= 0.6 is 0 Å². The Kier molecular flexibility index (Phi) is 3.97. The van der Waals surface area contributed by atoms with E-state index in [-0.39, 0.29) is 5.56 Å². The van der Waals surface area contributed by atoms with Crippen molar-refractivity contribution in [2.45, 2.75) is 6.54 Å². The Morgan fingerprint density at radius 2 is 2.16 bits per heavy atom. The first kappa shape index (κ1) is 12.9. The Balaban J connectivity index is 2.10. The van der Waals surface area contributed by atoms with E-state index in [0.29, 0.717) is 12.2 Å². The molecule has 0 aliphatic carbocycles. The molecule has 0 saturated heterocycles. The van der Waals surface area contributed by atoms with Gasteiger partial charge in [0.15, 0.2) is 0 Å². The number of hydrogen-bond acceptors (Lipinski definition) is 4. The number of hydrogen-bond donors (Lipinski definition) is 2. The molecule has 2 aromatic rings. The number of pyridine rings is 1. The number of nitrogens with one attached hydrogen (secondary N) is 1. The first-order valence-corrected chi connectivity index (χ1v) is 5.75. The van der Waals surface area contributed by atoms with Gasteiger partial charge in [-0.25, -0.2) is 4.79 Å². The third-order valence-electron chi connectivity index (χ3n) is 2.66. The van der Waals surface area contributed by atoms with Gasteiger partial charge in [0.1, 0.15) is 5.75 Å². The summed E-state index contributed by atoms with van der Waals surface area (Å²) in [6.07, 6.45) is 2.90. The number of carbonyl (C=O) groups is 1. The maximum absolute atomic E-state index is 10.8. The van der Waals surface area contributed by atoms with Crippen molar-refractivity contribution in [3.8, 4) is 5.75 Å². The lowest BCUT2D eigenvalue weighted by Crippen LogP contribution is -2.04. The number of carboxylic acids is 1. The van der Waals surface area contributed by atoms with Crippen LogP contribution in [0.2, 0.25) is 0 Å². The van der Waals surface area contributed by atoms with E-state index in [4.69, 9.17) is 9.84 Å². The van der Waals surface area contributed by atoms with Gasteiger partial charge in [0, 0.05) is 24.5 Å². The SMILES string of the molecule is COc1ccccc1CNc1cncc(C(=O)O)c1. The molecule has 0 radical (unpaired) electrons. The van der Waals surface area contributed by atoms with Gasteiger partial charge in [0.05, 0.1) is 18.4 Å². The molecule has 98 valence electrons. The van der Waals surface area contributed by atoms with Crippen LogP contribution in [0.3, 0.4) is 0 Å². The first-order chi connectivity index (χ1) is 9.20. The molecule has 19 heavy (non-hydrogen) atoms. The van der Waals surface area contributed by atoms with Crippen molar-refractivity contribution in [1.82, 2.24) is 4.98 Å². The van der Waals surface area contributed by atoms with E-state index < -0.39 is 5.97 Å². The van der Waals surface area contributed by atoms with Crippen molar-refractivity contribution in [3.05, 3.63) is 53.9 Å². The molecule has 2 N–H and O–H groups in total. The minimum Gasteiger partial charge on any atom is -0.496 e. The molecule has 5 heteroatoms. The van der Waals surface area contributed by atoms with Crippen LogP contribution in [0.15, 0.2) is 42.7 Å². The molecule has 0 spiro atoms. The minimum atomic E-state index is -0.992. The number of methoxy groups -OCH3 is 1. The van der Waals surface area contributed by atoms with Crippen LogP contribution in [0.25, 0.3) is 0 Å². The standard InChI is InChI=1S/C14H14N2O3/c1-19-13-5-3-2-4-10(13)8-16-12-6-11(14(17)18)7-15-9-12/h2-7,9,16H,8H2,1H3,(H,17,18). The molecule has 0 bridgehead atoms. The van der Waals surface area contributed by atoms with Crippen molar-refractivity contribution < 1.29 is 14.6 Å². The van der Waals surface area contributed by atoms with E-state index >= 15 is 0 Å². The number of rotatable bonds is 5. The molecule has 1 heterocycles. The molecular formula is C14H14N2O3. The molecule has 2 rings (SSSR count). The lowest BCUT2D eigenvalue weighted by atomic mass is 10.2. The van der Waals surface area contributed by atoms with Gasteiger partial charge in [-0.15, -0.1) is 0 Å². The normalized spacial score (nSPS) is 9.95. The van der Waals surface area contributed by atoms with Gasteiger partial charge >= 0.3 is 5.97 Å². The highest BCUT2D eigenvalue weighted by molar-refractivity contribution is 5.88. The molecule has 0 aliphatic heterocycles. The summed E-state index contributed by atoms with van der Waals surface area (Å²) in [6.45, 7) is 0.536. The predicted octanol–water partition coefficient (Wildman–Crippen LogP) is 2.40. The Morgan fingerprint density at radius 3 is 2.89 bits per heavy atom. The quantitative estimate of drug-likeness (QED) is 0.861. The highest BCUT2D eigenvalue weighted by Gasteiger charge is 2.05. The molecule has 0 unspecified atom stereocenters. The molecule has 1 aromatic carbocycles. The van der Waals surface area contributed by atoms with Crippen molar-refractivity contribution in [2.75, 3.05) is 12.4 Å². The number of aromatic carboxylic acids is 1. The minimum absolute atomic E-state index is 0.157. The average Bonchev–Trinajstić information content (AvgIpc) is 2.45. The Morgan fingerprint density at radius 1 is 1.37 bits per heavy atom. The molecule has 0 amide bonds. The molecule has 5 nitrogen and oxygen atoms in total. The fourth-order valence-electron chi connectivity index (χ4n) is 1.70. The summed E-state index contributed by atoms with van der Waals surface area (Å²) in [5.41, 5.74) is 1.81. The summed E-state index contributed by atoms with van der Waals surface area (Å²) >= 11 is 0. The van der Waals surface area contributed by atoms with Crippen LogP contribution in [-0.2, 0) is 6.54 Å². The number of anilines is 1. The predicted molar refractivity (Wildman–Crippen MR) is 71.5 cm³/mol. The lowest BCUT2D eigenvalue weighted by molar-refractivity contribution is 0.0696. The van der Waals surface area contributed by atoms with Crippen LogP contribution in [0.1, 0.15) is 15.9 Å². The molecular weight excluding hydrogens is 244 g/mol. The van der Waals surface area contributed by atoms with Crippen molar-refractivity contribution in [3.63, 3.8) is 0 Å². The number of carboxylic acid groups (broad SMARTS) is 1. The maximum atomic E-state index is 10.8. The van der Waals surface area contributed by atoms with E-state index in [1.807, 2.05) is 24.3 Å². The largest absolute Gasteiger partial charge is 0.496 e. The number of ether oxygens (including phenoxy) is 1. The van der Waals surface area contributed by atoms with E-state index in [9.17, 15) is 4.79 Å². The topological polar surface area (TPSA) is 71.5 Å². The van der Waals surface area contributed by atoms with Gasteiger partial charge in [-0.1, -0.05) is 18.2 Å². The Bertz CT molecular complexity index is 584. The van der Waals surface area contributed by atoms with Gasteiger partial charge in [0.2, 0.25) is 0 Å². The third kappa shape index (κ3) is 3.22. The van der Waals surface area contributed by atoms with Crippen LogP contribution in [0.4, 0.5) is 5.69 Å². The van der Waals surface area contributed by atoms with Gasteiger partial charge in [-0.2, -0.15) is 0 Å². The zero-order chi connectivity index (χ0) is 13.7. The third-order valence-corrected chi connectivity index (χ3v) is 2.66. The highest BCUT2D eigenvalue weighted by Crippen LogP contribution is 2.19. The summed E-state index contributed by atoms with van der Waals surface area (Å²) in [7, 11) is 1.62. The van der Waals surface area contributed by atoms with E-state index in [1.54, 1.807) is 19.4 Å². The van der Waals surface area contributed by atoms with E-state index in [1.165, 1.54) is 6.20 Å². The Labute approximate surface area is 110 Å². The number of para-hydroxylation sites is 1. The first-order valence-electron chi connectivity index (χ1n) is 5.75. The second-order valence-electron chi connectivity index (χ2n) is 3.93. The van der Waals surface area contributed by atoms with Crippen LogP contribution < -0.4 is 10.1 Å². The van der Waals surface area contributed by atoms with Crippen molar-refractivity contribution in [2.24, 2.45) is 0 Å². The summed E-state index contributed by atoms with van der Waals surface area (Å²) in [6, 6.07) is 9.19. The fourth-order valence-corrected chi connectivity index (χ4v) is 1.70. The monoisotopic (exact) mass is 258 g/mol. The summed E-state index contributed by atoms with van der Waals surface area (Å²) in [5.74, 6) is -0.203. The number of nitrogens with zero attached hydrogens (tertiary/aromatic N) is 1. The fraction of sp³-hybridized carbons (Fsp3) is 0.143. The highest BCUT2D eigenvalue weighted by atomic mass is 16.5. The zero-order valence-corrected chi connectivity index (χ0v) is 10.5. The van der Waals surface area contributed by atoms with E-state index in [2.05, 4.69) is 10.3 Å². The van der Waals surface area contributed by atoms with Crippen LogP contribution in [-0.4, -0.2) is 23.2 Å². The lowest BCUT2D eigenvalue weighted by Gasteiger charge is -2.10. The number of benzene rings is 1. The summed E-state index contributed by atoms with van der Waals surface area (Å²) in [4.78, 5) is 14.7. The molecule has 0 fully saturated rings.